The third kappa shape index (κ3) is 4.09. The maximum atomic E-state index is 14.0. The average Bonchev–Trinajstić information content (AvgIpc) is 2.54. The Morgan fingerprint density at radius 1 is 1.20 bits per heavy atom. The van der Waals surface area contributed by atoms with Crippen LogP contribution in [-0.2, 0) is 10.0 Å². The predicted octanol–water partition coefficient (Wildman–Crippen LogP) is 2.71. The summed E-state index contributed by atoms with van der Waals surface area (Å²) in [6.07, 6.45) is 0. The Labute approximate surface area is 150 Å². The molecule has 0 aliphatic rings. The fourth-order valence-corrected chi connectivity index (χ4v) is 3.32. The minimum atomic E-state index is -3.80. The summed E-state index contributed by atoms with van der Waals surface area (Å²) in [5.74, 6) is -1.61. The van der Waals surface area contributed by atoms with Crippen molar-refractivity contribution in [3.8, 4) is 0 Å². The lowest BCUT2D eigenvalue weighted by Crippen LogP contribution is -2.21. The summed E-state index contributed by atoms with van der Waals surface area (Å²) in [7, 11) is 0.927. The zero-order valence-corrected chi connectivity index (χ0v) is 15.4. The minimum Gasteiger partial charge on any atom is -0.375 e. The number of hydrogen-bond donors (Lipinski definition) is 2. The van der Waals surface area contributed by atoms with E-state index in [1.807, 2.05) is 0 Å². The van der Waals surface area contributed by atoms with Gasteiger partial charge in [0.1, 0.15) is 5.82 Å². The first-order chi connectivity index (χ1) is 11.7. The molecule has 6 nitrogen and oxygen atoms in total. The molecule has 2 aromatic rings. The number of carbonyl (C=O) groups is 1. The second-order valence-electron chi connectivity index (χ2n) is 5.33. The lowest BCUT2D eigenvalue weighted by molar-refractivity contribution is 0.102. The number of benzene rings is 2. The van der Waals surface area contributed by atoms with Crippen molar-refractivity contribution in [2.45, 2.75) is 4.90 Å². The first-order valence-corrected chi connectivity index (χ1v) is 9.03. The molecule has 0 fully saturated rings. The number of carbonyl (C=O) groups excluding carboxylic acids is 1. The van der Waals surface area contributed by atoms with Crippen LogP contribution in [-0.4, -0.2) is 35.5 Å². The van der Waals surface area contributed by atoms with Crippen molar-refractivity contribution in [2.75, 3.05) is 31.4 Å². The Balaban J connectivity index is 2.43. The van der Waals surface area contributed by atoms with E-state index in [9.17, 15) is 17.6 Å². The molecule has 0 aliphatic heterocycles. The first kappa shape index (κ1) is 19.2. The van der Waals surface area contributed by atoms with Crippen LogP contribution in [0.3, 0.4) is 0 Å². The van der Waals surface area contributed by atoms with E-state index in [2.05, 4.69) is 10.0 Å². The zero-order chi connectivity index (χ0) is 18.8. The fourth-order valence-electron chi connectivity index (χ4n) is 2.22. The molecule has 2 N–H and O–H groups in total. The van der Waals surface area contributed by atoms with Crippen molar-refractivity contribution in [1.82, 2.24) is 4.72 Å². The zero-order valence-electron chi connectivity index (χ0n) is 13.8. The van der Waals surface area contributed by atoms with Gasteiger partial charge in [0.2, 0.25) is 10.0 Å². The minimum absolute atomic E-state index is 0.208. The van der Waals surface area contributed by atoms with E-state index in [1.54, 1.807) is 37.2 Å². The normalized spacial score (nSPS) is 11.2. The second kappa shape index (κ2) is 7.38. The molecule has 9 heteroatoms. The SMILES string of the molecule is CNS(=O)(=O)c1ccc(F)c(C(=O)Nc2cccc(Cl)c2N(C)C)c1. The third-order valence-electron chi connectivity index (χ3n) is 3.44. The number of halogens is 2. The highest BCUT2D eigenvalue weighted by Crippen LogP contribution is 2.32. The van der Waals surface area contributed by atoms with Crippen molar-refractivity contribution < 1.29 is 17.6 Å². The Hall–Kier alpha value is -2.16. The van der Waals surface area contributed by atoms with Crippen molar-refractivity contribution >= 4 is 38.9 Å². The lowest BCUT2D eigenvalue weighted by Gasteiger charge is -2.19. The molecule has 134 valence electrons. The van der Waals surface area contributed by atoms with Gasteiger partial charge in [-0.05, 0) is 37.4 Å². The van der Waals surface area contributed by atoms with E-state index < -0.39 is 21.7 Å². The van der Waals surface area contributed by atoms with E-state index in [0.29, 0.717) is 16.4 Å². The molecular formula is C16H17ClFN3O3S. The van der Waals surface area contributed by atoms with Gasteiger partial charge in [-0.3, -0.25) is 4.79 Å². The number of amides is 1. The van der Waals surface area contributed by atoms with Crippen LogP contribution in [0, 0.1) is 5.82 Å². The highest BCUT2D eigenvalue weighted by Gasteiger charge is 2.20. The first-order valence-electron chi connectivity index (χ1n) is 7.17. The van der Waals surface area contributed by atoms with Crippen LogP contribution in [0.25, 0.3) is 0 Å². The Bertz CT molecular complexity index is 917. The predicted molar refractivity (Wildman–Crippen MR) is 96.4 cm³/mol. The van der Waals surface area contributed by atoms with Crippen LogP contribution in [0.2, 0.25) is 5.02 Å². The maximum Gasteiger partial charge on any atom is 0.258 e. The smallest absolute Gasteiger partial charge is 0.258 e. The largest absolute Gasteiger partial charge is 0.375 e. The molecule has 0 aromatic heterocycles. The van der Waals surface area contributed by atoms with Gasteiger partial charge in [-0.2, -0.15) is 0 Å². The van der Waals surface area contributed by atoms with Gasteiger partial charge in [-0.25, -0.2) is 17.5 Å². The van der Waals surface area contributed by atoms with Gasteiger partial charge in [0.25, 0.3) is 5.91 Å². The van der Waals surface area contributed by atoms with Crippen LogP contribution in [0.1, 0.15) is 10.4 Å². The van der Waals surface area contributed by atoms with E-state index >= 15 is 0 Å². The monoisotopic (exact) mass is 385 g/mol. The Kier molecular flexibility index (Phi) is 5.66. The van der Waals surface area contributed by atoms with Crippen molar-refractivity contribution in [3.63, 3.8) is 0 Å². The molecular weight excluding hydrogens is 369 g/mol. The van der Waals surface area contributed by atoms with Crippen molar-refractivity contribution in [1.29, 1.82) is 0 Å². The highest BCUT2D eigenvalue weighted by molar-refractivity contribution is 7.89. The van der Waals surface area contributed by atoms with Crippen LogP contribution < -0.4 is 14.9 Å². The van der Waals surface area contributed by atoms with Gasteiger partial charge in [-0.1, -0.05) is 17.7 Å². The third-order valence-corrected chi connectivity index (χ3v) is 5.16. The van der Waals surface area contributed by atoms with Crippen molar-refractivity contribution in [2.24, 2.45) is 0 Å². The Morgan fingerprint density at radius 3 is 2.48 bits per heavy atom. The van der Waals surface area contributed by atoms with E-state index in [-0.39, 0.29) is 10.5 Å². The van der Waals surface area contributed by atoms with Gasteiger partial charge in [0.15, 0.2) is 0 Å². The molecule has 0 saturated carbocycles. The topological polar surface area (TPSA) is 78.5 Å². The highest BCUT2D eigenvalue weighted by atomic mass is 35.5. The molecule has 0 unspecified atom stereocenters. The summed E-state index contributed by atoms with van der Waals surface area (Å²) in [6.45, 7) is 0. The molecule has 0 radical (unpaired) electrons. The van der Waals surface area contributed by atoms with Crippen LogP contribution in [0.15, 0.2) is 41.3 Å². The number of sulfonamides is 1. The molecule has 0 spiro atoms. The Morgan fingerprint density at radius 2 is 1.88 bits per heavy atom. The second-order valence-corrected chi connectivity index (χ2v) is 7.63. The van der Waals surface area contributed by atoms with Gasteiger partial charge in [-0.15, -0.1) is 0 Å². The van der Waals surface area contributed by atoms with E-state index in [1.165, 1.54) is 7.05 Å². The number of rotatable bonds is 5. The summed E-state index contributed by atoms with van der Waals surface area (Å²) in [5, 5.41) is 2.98. The molecule has 0 atom stereocenters. The molecule has 0 aliphatic carbocycles. The summed E-state index contributed by atoms with van der Waals surface area (Å²) in [4.78, 5) is 14.0. The van der Waals surface area contributed by atoms with E-state index in [0.717, 1.165) is 18.2 Å². The van der Waals surface area contributed by atoms with Crippen molar-refractivity contribution in [3.05, 3.63) is 52.8 Å². The molecule has 2 rings (SSSR count). The molecule has 0 heterocycles. The van der Waals surface area contributed by atoms with Gasteiger partial charge < -0.3 is 10.2 Å². The molecule has 1 amide bonds. The van der Waals surface area contributed by atoms with Crippen LogP contribution in [0.4, 0.5) is 15.8 Å². The lowest BCUT2D eigenvalue weighted by atomic mass is 10.2. The molecule has 25 heavy (non-hydrogen) atoms. The summed E-state index contributed by atoms with van der Waals surface area (Å²) in [5.41, 5.74) is 0.543. The molecule has 0 saturated heterocycles. The van der Waals surface area contributed by atoms with Gasteiger partial charge in [0, 0.05) is 14.1 Å². The quantitative estimate of drug-likeness (QED) is 0.829. The van der Waals surface area contributed by atoms with E-state index in [4.69, 9.17) is 11.6 Å². The maximum absolute atomic E-state index is 14.0. The van der Waals surface area contributed by atoms with Gasteiger partial charge in [0.05, 0.1) is 26.9 Å². The van der Waals surface area contributed by atoms with Crippen LogP contribution in [0.5, 0.6) is 0 Å². The summed E-state index contributed by atoms with van der Waals surface area (Å²) >= 11 is 6.13. The number of nitrogens with zero attached hydrogens (tertiary/aromatic N) is 1. The summed E-state index contributed by atoms with van der Waals surface area (Å²) < 4.78 is 39.8. The number of nitrogens with one attached hydrogen (secondary N) is 2. The molecule has 2 aromatic carbocycles. The number of para-hydroxylation sites is 1. The average molecular weight is 386 g/mol. The fraction of sp³-hybridized carbons (Fsp3) is 0.188. The number of anilines is 2. The summed E-state index contributed by atoms with van der Waals surface area (Å²) in [6, 6.07) is 7.92. The van der Waals surface area contributed by atoms with Crippen LogP contribution >= 0.6 is 11.6 Å². The standard InChI is InChI=1S/C16H17ClFN3O3S/c1-19-25(23,24)10-7-8-13(18)11(9-10)16(22)20-14-6-4-5-12(17)15(14)21(2)3/h4-9,19H,1-3H3,(H,20,22). The molecule has 0 bridgehead atoms. The number of hydrogen-bond acceptors (Lipinski definition) is 4. The van der Waals surface area contributed by atoms with Gasteiger partial charge >= 0.3 is 0 Å².